The second kappa shape index (κ2) is 8.02. The van der Waals surface area contributed by atoms with Gasteiger partial charge in [-0.25, -0.2) is 4.57 Å². The third kappa shape index (κ3) is 6.66. The lowest BCUT2D eigenvalue weighted by molar-refractivity contribution is -0.138. The molecule has 0 atom stereocenters. The molecule has 0 saturated carbocycles. The summed E-state index contributed by atoms with van der Waals surface area (Å²) >= 11 is 0. The Morgan fingerprint density at radius 3 is 1.48 bits per heavy atom. The van der Waals surface area contributed by atoms with Gasteiger partial charge in [-0.05, 0) is 35.4 Å². The fourth-order valence-electron chi connectivity index (χ4n) is 2.02. The quantitative estimate of drug-likeness (QED) is 0.497. The van der Waals surface area contributed by atoms with Gasteiger partial charge in [0.05, 0.1) is 24.3 Å². The van der Waals surface area contributed by atoms with E-state index >= 15 is 0 Å². The van der Waals surface area contributed by atoms with Gasteiger partial charge in [-0.1, -0.05) is 24.3 Å². The molecule has 0 radical (unpaired) electrons. The Morgan fingerprint density at radius 1 is 0.778 bits per heavy atom. The SMILES string of the molecule is O=P(O)(OCc1cccc(C(F)(F)F)c1)OCc1cccc(C(F)(F)F)c1. The van der Waals surface area contributed by atoms with Crippen LogP contribution in [0.25, 0.3) is 0 Å². The highest BCUT2D eigenvalue weighted by molar-refractivity contribution is 7.47. The van der Waals surface area contributed by atoms with E-state index in [2.05, 4.69) is 9.05 Å². The maximum absolute atomic E-state index is 12.6. The number of alkyl halides is 6. The molecule has 0 heterocycles. The Bertz CT molecular complexity index is 769. The van der Waals surface area contributed by atoms with Crippen LogP contribution in [0.2, 0.25) is 0 Å². The van der Waals surface area contributed by atoms with Crippen LogP contribution in [0.3, 0.4) is 0 Å². The number of phosphoric acid groups is 1. The van der Waals surface area contributed by atoms with Gasteiger partial charge in [-0.3, -0.25) is 9.05 Å². The van der Waals surface area contributed by atoms with Crippen LogP contribution < -0.4 is 0 Å². The van der Waals surface area contributed by atoms with Crippen LogP contribution >= 0.6 is 7.82 Å². The normalized spacial score (nSPS) is 13.0. The van der Waals surface area contributed by atoms with E-state index in [-0.39, 0.29) is 11.1 Å². The molecule has 2 rings (SSSR count). The Labute approximate surface area is 150 Å². The van der Waals surface area contributed by atoms with Crippen molar-refractivity contribution in [1.82, 2.24) is 0 Å². The number of benzene rings is 2. The smallest absolute Gasteiger partial charge is 0.302 e. The van der Waals surface area contributed by atoms with Crippen molar-refractivity contribution in [3.05, 3.63) is 70.8 Å². The van der Waals surface area contributed by atoms with Crippen molar-refractivity contribution in [2.24, 2.45) is 0 Å². The van der Waals surface area contributed by atoms with Gasteiger partial charge in [-0.2, -0.15) is 26.3 Å². The Hall–Kier alpha value is -1.87. The summed E-state index contributed by atoms with van der Waals surface area (Å²) in [6.07, 6.45) is -9.17. The van der Waals surface area contributed by atoms with E-state index in [1.807, 2.05) is 0 Å². The summed E-state index contributed by atoms with van der Waals surface area (Å²) in [5.74, 6) is 0. The van der Waals surface area contributed by atoms with Gasteiger partial charge >= 0.3 is 20.2 Å². The number of hydrogen-bond acceptors (Lipinski definition) is 3. The van der Waals surface area contributed by atoms with Crippen LogP contribution in [0.1, 0.15) is 22.3 Å². The van der Waals surface area contributed by atoms with Crippen molar-refractivity contribution in [3.63, 3.8) is 0 Å². The zero-order valence-electron chi connectivity index (χ0n) is 13.4. The molecule has 2 aromatic carbocycles. The molecule has 4 nitrogen and oxygen atoms in total. The summed E-state index contributed by atoms with van der Waals surface area (Å²) in [5.41, 5.74) is -1.97. The molecule has 27 heavy (non-hydrogen) atoms. The number of hydrogen-bond donors (Lipinski definition) is 1. The van der Waals surface area contributed by atoms with Crippen LogP contribution in [0.4, 0.5) is 26.3 Å². The molecule has 0 aliphatic rings. The average molecular weight is 414 g/mol. The van der Waals surface area contributed by atoms with Crippen molar-refractivity contribution in [1.29, 1.82) is 0 Å². The van der Waals surface area contributed by atoms with Crippen LogP contribution in [0.15, 0.2) is 48.5 Å². The van der Waals surface area contributed by atoms with Gasteiger partial charge in [0.1, 0.15) is 0 Å². The van der Waals surface area contributed by atoms with Crippen LogP contribution in [-0.2, 0) is 39.2 Å². The first-order valence-electron chi connectivity index (χ1n) is 7.31. The maximum Gasteiger partial charge on any atom is 0.472 e. The van der Waals surface area contributed by atoms with Gasteiger partial charge in [0.2, 0.25) is 0 Å². The molecule has 0 spiro atoms. The highest BCUT2D eigenvalue weighted by Crippen LogP contribution is 2.45. The monoisotopic (exact) mass is 414 g/mol. The third-order valence-corrected chi connectivity index (χ3v) is 4.21. The number of rotatable bonds is 6. The van der Waals surface area contributed by atoms with E-state index in [9.17, 15) is 35.8 Å². The van der Waals surface area contributed by atoms with E-state index in [0.29, 0.717) is 0 Å². The van der Waals surface area contributed by atoms with Gasteiger partial charge in [0.15, 0.2) is 0 Å². The van der Waals surface area contributed by atoms with Crippen LogP contribution in [-0.4, -0.2) is 4.89 Å². The molecule has 0 saturated heterocycles. The number of phosphoric ester groups is 1. The van der Waals surface area contributed by atoms with Crippen LogP contribution in [0, 0.1) is 0 Å². The minimum absolute atomic E-state index is 0.0261. The molecule has 2 aromatic rings. The predicted octanol–water partition coefficient (Wildman–Crippen LogP) is 5.56. The lowest BCUT2D eigenvalue weighted by Crippen LogP contribution is -2.06. The largest absolute Gasteiger partial charge is 0.472 e. The lowest BCUT2D eigenvalue weighted by atomic mass is 10.1. The van der Waals surface area contributed by atoms with E-state index in [0.717, 1.165) is 36.4 Å². The Kier molecular flexibility index (Phi) is 6.36. The van der Waals surface area contributed by atoms with Gasteiger partial charge in [0, 0.05) is 0 Å². The molecule has 0 bridgehead atoms. The first kappa shape index (κ1) is 21.4. The maximum atomic E-state index is 12.6. The fourth-order valence-corrected chi connectivity index (χ4v) is 2.72. The Morgan fingerprint density at radius 2 is 1.15 bits per heavy atom. The summed E-state index contributed by atoms with van der Waals surface area (Å²) in [6.45, 7) is -1.30. The molecular formula is C16H13F6O4P. The first-order chi connectivity index (χ1) is 12.4. The molecule has 0 amide bonds. The van der Waals surface area contributed by atoms with Crippen molar-refractivity contribution in [3.8, 4) is 0 Å². The molecule has 0 aliphatic carbocycles. The predicted molar refractivity (Wildman–Crippen MR) is 82.3 cm³/mol. The fraction of sp³-hybridized carbons (Fsp3) is 0.250. The molecule has 0 aliphatic heterocycles. The molecule has 148 valence electrons. The van der Waals surface area contributed by atoms with Gasteiger partial charge in [0.25, 0.3) is 0 Å². The zero-order valence-corrected chi connectivity index (χ0v) is 14.3. The molecule has 0 fully saturated rings. The molecule has 0 unspecified atom stereocenters. The van der Waals surface area contributed by atoms with Crippen molar-refractivity contribution >= 4 is 7.82 Å². The topological polar surface area (TPSA) is 55.8 Å². The van der Waals surface area contributed by atoms with E-state index in [1.54, 1.807) is 0 Å². The highest BCUT2D eigenvalue weighted by atomic mass is 31.2. The van der Waals surface area contributed by atoms with Crippen molar-refractivity contribution < 1.29 is 44.8 Å². The number of halogens is 6. The molecule has 0 aromatic heterocycles. The zero-order chi connectivity index (χ0) is 20.3. The van der Waals surface area contributed by atoms with E-state index < -0.39 is 44.5 Å². The molecular weight excluding hydrogens is 401 g/mol. The highest BCUT2D eigenvalue weighted by Gasteiger charge is 2.31. The lowest BCUT2D eigenvalue weighted by Gasteiger charge is -2.14. The first-order valence-corrected chi connectivity index (χ1v) is 8.80. The van der Waals surface area contributed by atoms with E-state index in [1.165, 1.54) is 12.1 Å². The van der Waals surface area contributed by atoms with Crippen molar-refractivity contribution in [2.75, 3.05) is 0 Å². The second-order valence-electron chi connectivity index (χ2n) is 5.41. The average Bonchev–Trinajstić information content (AvgIpc) is 2.58. The summed E-state index contributed by atoms with van der Waals surface area (Å²) < 4.78 is 96.7. The second-order valence-corrected chi connectivity index (χ2v) is 6.87. The summed E-state index contributed by atoms with van der Waals surface area (Å²) in [5, 5.41) is 0. The Balaban J connectivity index is 1.97. The minimum atomic E-state index is -4.70. The third-order valence-electron chi connectivity index (χ3n) is 3.30. The minimum Gasteiger partial charge on any atom is -0.302 e. The van der Waals surface area contributed by atoms with Crippen LogP contribution in [0.5, 0.6) is 0 Å². The van der Waals surface area contributed by atoms with Gasteiger partial charge < -0.3 is 4.89 Å². The summed E-state index contributed by atoms with van der Waals surface area (Å²) in [4.78, 5) is 9.56. The van der Waals surface area contributed by atoms with Crippen molar-refractivity contribution in [2.45, 2.75) is 25.6 Å². The molecule has 11 heteroatoms. The summed E-state index contributed by atoms with van der Waals surface area (Å²) in [6, 6.07) is 7.85. The van der Waals surface area contributed by atoms with Gasteiger partial charge in [-0.15, -0.1) is 0 Å². The standard InChI is InChI=1S/C16H13F6O4P/c17-15(18,19)13-5-1-3-11(7-13)9-25-27(23,24)26-10-12-4-2-6-14(8-12)16(20,21)22/h1-8H,9-10H2,(H,23,24). The molecule has 1 N–H and O–H groups in total. The van der Waals surface area contributed by atoms with E-state index in [4.69, 9.17) is 0 Å². The summed E-state index contributed by atoms with van der Waals surface area (Å²) in [7, 11) is -4.70.